The van der Waals surface area contributed by atoms with E-state index in [0.717, 1.165) is 23.4 Å². The van der Waals surface area contributed by atoms with E-state index in [4.69, 9.17) is 4.74 Å². The number of aromatic nitrogens is 1. The SMILES string of the molecule is C[C@@H]1OCC[C@@H]1S(=O)(=O)NCCCc1nc2ccccc2s1. The lowest BCUT2D eigenvalue weighted by atomic mass is 10.3. The summed E-state index contributed by atoms with van der Waals surface area (Å²) in [6.45, 7) is 2.79. The minimum absolute atomic E-state index is 0.221. The number of ether oxygens (including phenoxy) is 1. The molecule has 1 aromatic heterocycles. The normalized spacial score (nSPS) is 22.4. The summed E-state index contributed by atoms with van der Waals surface area (Å²) in [7, 11) is -3.28. The molecule has 22 heavy (non-hydrogen) atoms. The van der Waals surface area contributed by atoms with E-state index in [0.29, 0.717) is 19.6 Å². The van der Waals surface area contributed by atoms with Gasteiger partial charge in [0.25, 0.3) is 0 Å². The Morgan fingerprint density at radius 1 is 1.41 bits per heavy atom. The van der Waals surface area contributed by atoms with Crippen molar-refractivity contribution in [2.24, 2.45) is 0 Å². The molecule has 1 aliphatic rings. The molecule has 0 radical (unpaired) electrons. The maximum absolute atomic E-state index is 12.2. The molecule has 0 unspecified atom stereocenters. The highest BCUT2D eigenvalue weighted by Gasteiger charge is 2.35. The highest BCUT2D eigenvalue weighted by atomic mass is 32.2. The number of fused-ring (bicyclic) bond motifs is 1. The van der Waals surface area contributed by atoms with Crippen LogP contribution in [0.5, 0.6) is 0 Å². The largest absolute Gasteiger partial charge is 0.377 e. The molecule has 0 aliphatic carbocycles. The third-order valence-electron chi connectivity index (χ3n) is 3.91. The van der Waals surface area contributed by atoms with Gasteiger partial charge < -0.3 is 4.74 Å². The topological polar surface area (TPSA) is 68.3 Å². The number of sulfonamides is 1. The number of hydrogen-bond donors (Lipinski definition) is 1. The van der Waals surface area contributed by atoms with Crippen molar-refractivity contribution in [3.05, 3.63) is 29.3 Å². The third kappa shape index (κ3) is 3.48. The quantitative estimate of drug-likeness (QED) is 0.820. The second-order valence-corrected chi connectivity index (χ2v) is 8.62. The summed E-state index contributed by atoms with van der Waals surface area (Å²) in [4.78, 5) is 4.56. The second-order valence-electron chi connectivity index (χ2n) is 5.52. The maximum Gasteiger partial charge on any atom is 0.217 e. The summed E-state index contributed by atoms with van der Waals surface area (Å²) in [5.74, 6) is 0. The third-order valence-corrected chi connectivity index (χ3v) is 7.03. The van der Waals surface area contributed by atoms with Crippen LogP contribution < -0.4 is 4.72 Å². The number of para-hydroxylation sites is 1. The first kappa shape index (κ1) is 15.9. The van der Waals surface area contributed by atoms with Gasteiger partial charge in [0.15, 0.2) is 0 Å². The molecule has 7 heteroatoms. The van der Waals surface area contributed by atoms with E-state index < -0.39 is 15.3 Å². The predicted molar refractivity (Wildman–Crippen MR) is 88.7 cm³/mol. The fraction of sp³-hybridized carbons (Fsp3) is 0.533. The number of aryl methyl sites for hydroxylation is 1. The lowest BCUT2D eigenvalue weighted by Crippen LogP contribution is -2.38. The number of rotatable bonds is 6. The van der Waals surface area contributed by atoms with Gasteiger partial charge in [-0.3, -0.25) is 0 Å². The zero-order valence-electron chi connectivity index (χ0n) is 12.5. The van der Waals surface area contributed by atoms with Crippen molar-refractivity contribution in [2.75, 3.05) is 13.2 Å². The molecule has 0 amide bonds. The zero-order valence-corrected chi connectivity index (χ0v) is 14.1. The van der Waals surface area contributed by atoms with Crippen molar-refractivity contribution in [3.8, 4) is 0 Å². The number of thiazole rings is 1. The molecule has 1 aliphatic heterocycles. The Morgan fingerprint density at radius 3 is 2.95 bits per heavy atom. The van der Waals surface area contributed by atoms with Gasteiger partial charge in [-0.2, -0.15) is 0 Å². The lowest BCUT2D eigenvalue weighted by Gasteiger charge is -2.15. The number of benzene rings is 1. The Balaban J connectivity index is 1.51. The molecule has 2 atom stereocenters. The van der Waals surface area contributed by atoms with Gasteiger partial charge >= 0.3 is 0 Å². The van der Waals surface area contributed by atoms with Crippen LogP contribution in [0.3, 0.4) is 0 Å². The van der Waals surface area contributed by atoms with Crippen LogP contribution >= 0.6 is 11.3 Å². The van der Waals surface area contributed by atoms with Crippen LogP contribution in [0.1, 0.15) is 24.8 Å². The fourth-order valence-electron chi connectivity index (χ4n) is 2.71. The first-order valence-corrected chi connectivity index (χ1v) is 9.87. The van der Waals surface area contributed by atoms with Crippen LogP contribution in [0.4, 0.5) is 0 Å². The Kier molecular flexibility index (Phi) is 4.77. The van der Waals surface area contributed by atoms with Crippen LogP contribution in [0.25, 0.3) is 10.2 Å². The molecule has 3 rings (SSSR count). The molecule has 1 aromatic carbocycles. The van der Waals surface area contributed by atoms with Crippen molar-refractivity contribution in [1.82, 2.24) is 9.71 Å². The van der Waals surface area contributed by atoms with E-state index in [9.17, 15) is 8.42 Å². The smallest absolute Gasteiger partial charge is 0.217 e. The molecule has 0 saturated carbocycles. The first-order valence-electron chi connectivity index (χ1n) is 7.51. The van der Waals surface area contributed by atoms with E-state index in [-0.39, 0.29) is 6.10 Å². The van der Waals surface area contributed by atoms with Crippen molar-refractivity contribution in [3.63, 3.8) is 0 Å². The Labute approximate surface area is 134 Å². The molecular weight excluding hydrogens is 320 g/mol. The van der Waals surface area contributed by atoms with E-state index in [1.807, 2.05) is 25.1 Å². The van der Waals surface area contributed by atoms with Crippen molar-refractivity contribution >= 4 is 31.6 Å². The summed E-state index contributed by atoms with van der Waals surface area (Å²) in [5, 5.41) is 0.632. The standard InChI is InChI=1S/C15H20N2O3S2/c1-11-14(8-10-20-11)22(18,19)16-9-4-7-15-17-12-5-2-3-6-13(12)21-15/h2-3,5-6,11,14,16H,4,7-10H2,1H3/t11-,14-/m0/s1. The van der Waals surface area contributed by atoms with E-state index >= 15 is 0 Å². The Morgan fingerprint density at radius 2 is 2.23 bits per heavy atom. The van der Waals surface area contributed by atoms with Crippen molar-refractivity contribution in [1.29, 1.82) is 0 Å². The van der Waals surface area contributed by atoms with Crippen LogP contribution in [-0.4, -0.2) is 37.9 Å². The van der Waals surface area contributed by atoms with Crippen molar-refractivity contribution in [2.45, 2.75) is 37.5 Å². The zero-order chi connectivity index (χ0) is 15.6. The fourth-order valence-corrected chi connectivity index (χ4v) is 5.35. The number of hydrogen-bond acceptors (Lipinski definition) is 5. The van der Waals surface area contributed by atoms with Gasteiger partial charge in [0.2, 0.25) is 10.0 Å². The molecule has 1 N–H and O–H groups in total. The molecule has 1 saturated heterocycles. The highest BCUT2D eigenvalue weighted by molar-refractivity contribution is 7.90. The van der Waals surface area contributed by atoms with Gasteiger partial charge in [-0.1, -0.05) is 12.1 Å². The molecule has 2 heterocycles. The summed E-state index contributed by atoms with van der Waals surface area (Å²) in [5.41, 5.74) is 1.01. The second kappa shape index (κ2) is 6.62. The van der Waals surface area contributed by atoms with Crippen LogP contribution in [0, 0.1) is 0 Å². The summed E-state index contributed by atoms with van der Waals surface area (Å²) in [6.07, 6.45) is 1.90. The average Bonchev–Trinajstić information content (AvgIpc) is 3.09. The number of nitrogens with zero attached hydrogens (tertiary/aromatic N) is 1. The number of nitrogens with one attached hydrogen (secondary N) is 1. The highest BCUT2D eigenvalue weighted by Crippen LogP contribution is 2.23. The van der Waals surface area contributed by atoms with Gasteiger partial charge in [0.1, 0.15) is 5.25 Å². The van der Waals surface area contributed by atoms with E-state index in [1.165, 1.54) is 4.70 Å². The van der Waals surface area contributed by atoms with Crippen LogP contribution in [0.15, 0.2) is 24.3 Å². The minimum atomic E-state index is -3.28. The molecule has 120 valence electrons. The van der Waals surface area contributed by atoms with Gasteiger partial charge in [-0.05, 0) is 31.9 Å². The lowest BCUT2D eigenvalue weighted by molar-refractivity contribution is 0.126. The van der Waals surface area contributed by atoms with E-state index in [2.05, 4.69) is 15.8 Å². The summed E-state index contributed by atoms with van der Waals surface area (Å²) < 4.78 is 33.6. The van der Waals surface area contributed by atoms with Crippen LogP contribution in [0.2, 0.25) is 0 Å². The minimum Gasteiger partial charge on any atom is -0.377 e. The molecule has 5 nitrogen and oxygen atoms in total. The van der Waals surface area contributed by atoms with Gasteiger partial charge in [0.05, 0.1) is 21.3 Å². The molecule has 0 spiro atoms. The molecule has 0 bridgehead atoms. The molecule has 1 fully saturated rings. The maximum atomic E-state index is 12.2. The molecular formula is C15H20N2O3S2. The van der Waals surface area contributed by atoms with Crippen molar-refractivity contribution < 1.29 is 13.2 Å². The van der Waals surface area contributed by atoms with Gasteiger partial charge in [-0.15, -0.1) is 11.3 Å². The summed E-state index contributed by atoms with van der Waals surface area (Å²) in [6, 6.07) is 8.04. The Hall–Kier alpha value is -1.02. The molecule has 2 aromatic rings. The predicted octanol–water partition coefficient (Wildman–Crippen LogP) is 2.33. The van der Waals surface area contributed by atoms with E-state index in [1.54, 1.807) is 11.3 Å². The monoisotopic (exact) mass is 340 g/mol. The first-order chi connectivity index (χ1) is 10.6. The average molecular weight is 340 g/mol. The Bertz CT molecular complexity index is 709. The summed E-state index contributed by atoms with van der Waals surface area (Å²) >= 11 is 1.67. The van der Waals surface area contributed by atoms with Crippen LogP contribution in [-0.2, 0) is 21.2 Å². The van der Waals surface area contributed by atoms with Gasteiger partial charge in [-0.25, -0.2) is 18.1 Å². The van der Waals surface area contributed by atoms with Gasteiger partial charge in [0, 0.05) is 19.6 Å².